The predicted octanol–water partition coefficient (Wildman–Crippen LogP) is 3.03. The number of carbonyl (C=O) groups is 3. The van der Waals surface area contributed by atoms with E-state index in [4.69, 9.17) is 4.74 Å². The van der Waals surface area contributed by atoms with Crippen molar-refractivity contribution in [3.63, 3.8) is 0 Å². The summed E-state index contributed by atoms with van der Waals surface area (Å²) in [6.45, 7) is 12.0. The zero-order valence-corrected chi connectivity index (χ0v) is 18.4. The Labute approximate surface area is 174 Å². The first-order valence-electron chi connectivity index (χ1n) is 10.2. The summed E-state index contributed by atoms with van der Waals surface area (Å²) in [4.78, 5) is 37.1. The van der Waals surface area contributed by atoms with Crippen LogP contribution >= 0.6 is 0 Å². The van der Waals surface area contributed by atoms with Gasteiger partial charge >= 0.3 is 6.09 Å². The van der Waals surface area contributed by atoms with E-state index in [0.29, 0.717) is 17.9 Å². The second-order valence-electron chi connectivity index (χ2n) is 7.95. The first kappa shape index (κ1) is 24.5. The lowest BCUT2D eigenvalue weighted by molar-refractivity contribution is -0.124. The molecule has 1 aromatic rings. The molecular weight excluding hydrogens is 370 g/mol. The van der Waals surface area contributed by atoms with Crippen LogP contribution in [0.25, 0.3) is 0 Å². The third-order valence-corrected chi connectivity index (χ3v) is 4.50. The molecular formula is C22H35N3O4. The Morgan fingerprint density at radius 3 is 2.24 bits per heavy atom. The second kappa shape index (κ2) is 12.1. The van der Waals surface area contributed by atoms with Gasteiger partial charge in [-0.15, -0.1) is 0 Å². The summed E-state index contributed by atoms with van der Waals surface area (Å²) in [5, 5.41) is 8.48. The van der Waals surface area contributed by atoms with Gasteiger partial charge in [-0.3, -0.25) is 9.59 Å². The van der Waals surface area contributed by atoms with Gasteiger partial charge in [0.05, 0.1) is 6.61 Å². The molecule has 2 atom stereocenters. The molecule has 0 fully saturated rings. The van der Waals surface area contributed by atoms with Crippen LogP contribution in [0, 0.1) is 18.8 Å². The van der Waals surface area contributed by atoms with E-state index in [9.17, 15) is 14.4 Å². The minimum atomic E-state index is -0.676. The van der Waals surface area contributed by atoms with Crippen LogP contribution in [0.2, 0.25) is 0 Å². The molecule has 3 N–H and O–H groups in total. The summed E-state index contributed by atoms with van der Waals surface area (Å²) in [6.07, 6.45) is 0.196. The quantitative estimate of drug-likeness (QED) is 0.557. The zero-order valence-electron chi connectivity index (χ0n) is 18.4. The number of ether oxygens (including phenoxy) is 1. The van der Waals surface area contributed by atoms with Crippen LogP contribution in [0.15, 0.2) is 24.3 Å². The van der Waals surface area contributed by atoms with Crippen LogP contribution in [0.3, 0.4) is 0 Å². The van der Waals surface area contributed by atoms with Crippen LogP contribution < -0.4 is 16.0 Å². The molecule has 0 saturated heterocycles. The lowest BCUT2D eigenvalue weighted by Crippen LogP contribution is -2.53. The number of nitrogens with one attached hydrogen (secondary N) is 3. The van der Waals surface area contributed by atoms with Gasteiger partial charge in [-0.25, -0.2) is 4.79 Å². The molecule has 7 heteroatoms. The van der Waals surface area contributed by atoms with E-state index >= 15 is 0 Å². The van der Waals surface area contributed by atoms with Gasteiger partial charge in [0.2, 0.25) is 5.91 Å². The number of rotatable bonds is 10. The van der Waals surface area contributed by atoms with Crippen LogP contribution in [-0.2, 0) is 9.53 Å². The third-order valence-electron chi connectivity index (χ3n) is 4.50. The first-order chi connectivity index (χ1) is 13.6. The summed E-state index contributed by atoms with van der Waals surface area (Å²) < 4.78 is 4.94. The summed E-state index contributed by atoms with van der Waals surface area (Å²) >= 11 is 0. The third kappa shape index (κ3) is 8.54. The van der Waals surface area contributed by atoms with Gasteiger partial charge in [-0.2, -0.15) is 0 Å². The molecule has 0 aromatic heterocycles. The van der Waals surface area contributed by atoms with Gasteiger partial charge in [0.1, 0.15) is 6.04 Å². The SMILES string of the molecule is CCOC(=O)NC(CNC(=O)C(NC(=O)c1ccccc1C)C(C)C)CC(C)C. The summed E-state index contributed by atoms with van der Waals surface area (Å²) in [7, 11) is 0. The number of alkyl carbamates (subject to hydrolysis) is 1. The fraction of sp³-hybridized carbons (Fsp3) is 0.591. The molecule has 7 nitrogen and oxygen atoms in total. The molecule has 3 amide bonds. The monoisotopic (exact) mass is 405 g/mol. The molecule has 0 spiro atoms. The number of amides is 3. The largest absolute Gasteiger partial charge is 0.450 e. The Kier molecular flexibility index (Phi) is 10.2. The zero-order chi connectivity index (χ0) is 22.0. The Hall–Kier alpha value is -2.57. The van der Waals surface area contributed by atoms with E-state index in [2.05, 4.69) is 16.0 Å². The number of hydrogen-bond acceptors (Lipinski definition) is 4. The van der Waals surface area contributed by atoms with Crippen molar-refractivity contribution in [3.8, 4) is 0 Å². The molecule has 0 aliphatic heterocycles. The van der Waals surface area contributed by atoms with E-state index in [1.54, 1.807) is 19.1 Å². The molecule has 29 heavy (non-hydrogen) atoms. The smallest absolute Gasteiger partial charge is 0.407 e. The maximum atomic E-state index is 12.8. The number of carbonyl (C=O) groups excluding carboxylic acids is 3. The lowest BCUT2D eigenvalue weighted by atomic mass is 10.0. The molecule has 0 radical (unpaired) electrons. The molecule has 0 saturated carbocycles. The molecule has 162 valence electrons. The standard InChI is InChI=1S/C22H35N3O4/c1-7-29-22(28)24-17(12-14(2)3)13-23-21(27)19(15(4)5)25-20(26)18-11-9-8-10-16(18)6/h8-11,14-15,17,19H,7,12-13H2,1-6H3,(H,23,27)(H,24,28)(H,25,26). The normalized spacial score (nSPS) is 13.0. The Morgan fingerprint density at radius 2 is 1.69 bits per heavy atom. The van der Waals surface area contributed by atoms with Crippen LogP contribution in [0.1, 0.15) is 57.0 Å². The molecule has 2 unspecified atom stereocenters. The Balaban J connectivity index is 2.76. The second-order valence-corrected chi connectivity index (χ2v) is 7.95. The van der Waals surface area contributed by atoms with Gasteiger partial charge in [0, 0.05) is 18.2 Å². The molecule has 1 aromatic carbocycles. The minimum Gasteiger partial charge on any atom is -0.450 e. The highest BCUT2D eigenvalue weighted by atomic mass is 16.5. The van der Waals surface area contributed by atoms with E-state index in [1.165, 1.54) is 0 Å². The number of benzene rings is 1. The van der Waals surface area contributed by atoms with Gasteiger partial charge in [-0.05, 0) is 43.7 Å². The van der Waals surface area contributed by atoms with Crippen molar-refractivity contribution in [2.75, 3.05) is 13.2 Å². The summed E-state index contributed by atoms with van der Waals surface area (Å²) in [6, 6.07) is 6.33. The fourth-order valence-electron chi connectivity index (χ4n) is 3.02. The van der Waals surface area contributed by atoms with Gasteiger partial charge in [-0.1, -0.05) is 45.9 Å². The van der Waals surface area contributed by atoms with Crippen molar-refractivity contribution in [2.45, 2.75) is 60.0 Å². The minimum absolute atomic E-state index is 0.0930. The highest BCUT2D eigenvalue weighted by molar-refractivity contribution is 5.98. The summed E-state index contributed by atoms with van der Waals surface area (Å²) in [5.41, 5.74) is 1.40. The van der Waals surface area contributed by atoms with Crippen LogP contribution in [-0.4, -0.2) is 43.1 Å². The van der Waals surface area contributed by atoms with E-state index in [-0.39, 0.29) is 36.9 Å². The molecule has 1 rings (SSSR count). The lowest BCUT2D eigenvalue weighted by Gasteiger charge is -2.25. The highest BCUT2D eigenvalue weighted by Gasteiger charge is 2.26. The van der Waals surface area contributed by atoms with Crippen molar-refractivity contribution in [1.82, 2.24) is 16.0 Å². The van der Waals surface area contributed by atoms with E-state index < -0.39 is 12.1 Å². The maximum Gasteiger partial charge on any atom is 0.407 e. The van der Waals surface area contributed by atoms with Gasteiger partial charge in [0.15, 0.2) is 0 Å². The van der Waals surface area contributed by atoms with Gasteiger partial charge in [0.25, 0.3) is 5.91 Å². The van der Waals surface area contributed by atoms with Crippen LogP contribution in [0.5, 0.6) is 0 Å². The van der Waals surface area contributed by atoms with Crippen molar-refractivity contribution in [2.24, 2.45) is 11.8 Å². The Bertz CT molecular complexity index is 688. The van der Waals surface area contributed by atoms with Gasteiger partial charge < -0.3 is 20.7 Å². The molecule has 0 bridgehead atoms. The fourth-order valence-corrected chi connectivity index (χ4v) is 3.02. The Morgan fingerprint density at radius 1 is 1.03 bits per heavy atom. The summed E-state index contributed by atoms with van der Waals surface area (Å²) in [5.74, 6) is -0.313. The van der Waals surface area contributed by atoms with Crippen molar-refractivity contribution in [3.05, 3.63) is 35.4 Å². The predicted molar refractivity (Wildman–Crippen MR) is 114 cm³/mol. The molecule has 0 heterocycles. The highest BCUT2D eigenvalue weighted by Crippen LogP contribution is 2.10. The number of hydrogen-bond donors (Lipinski definition) is 3. The van der Waals surface area contributed by atoms with E-state index in [1.807, 2.05) is 46.8 Å². The first-order valence-corrected chi connectivity index (χ1v) is 10.2. The van der Waals surface area contributed by atoms with Crippen molar-refractivity contribution >= 4 is 17.9 Å². The number of aryl methyl sites for hydroxylation is 1. The van der Waals surface area contributed by atoms with E-state index in [0.717, 1.165) is 5.56 Å². The molecule has 0 aliphatic rings. The molecule has 0 aliphatic carbocycles. The average molecular weight is 406 g/mol. The topological polar surface area (TPSA) is 96.5 Å². The maximum absolute atomic E-state index is 12.8. The van der Waals surface area contributed by atoms with Crippen molar-refractivity contribution < 1.29 is 19.1 Å². The van der Waals surface area contributed by atoms with Crippen molar-refractivity contribution in [1.29, 1.82) is 0 Å². The van der Waals surface area contributed by atoms with Crippen LogP contribution in [0.4, 0.5) is 4.79 Å². The average Bonchev–Trinajstić information content (AvgIpc) is 2.63.